The molecule has 4 heteroatoms. The van der Waals surface area contributed by atoms with Gasteiger partial charge in [-0.25, -0.2) is 4.79 Å². The summed E-state index contributed by atoms with van der Waals surface area (Å²) < 4.78 is 5.70. The number of benzene rings is 1. The Morgan fingerprint density at radius 2 is 2.17 bits per heavy atom. The van der Waals surface area contributed by atoms with Crippen molar-refractivity contribution in [2.75, 3.05) is 0 Å². The van der Waals surface area contributed by atoms with Gasteiger partial charge in [-0.05, 0) is 45.2 Å². The van der Waals surface area contributed by atoms with E-state index in [-0.39, 0.29) is 11.9 Å². The molecule has 1 saturated carbocycles. The van der Waals surface area contributed by atoms with Gasteiger partial charge in [0.2, 0.25) is 6.08 Å². The van der Waals surface area contributed by atoms with E-state index in [1.54, 1.807) is 24.3 Å². The Hall–Kier alpha value is -1.80. The van der Waals surface area contributed by atoms with Gasteiger partial charge < -0.3 is 9.84 Å². The van der Waals surface area contributed by atoms with Gasteiger partial charge in [0.25, 0.3) is 0 Å². The summed E-state index contributed by atoms with van der Waals surface area (Å²) in [6.07, 6.45) is 4.10. The lowest BCUT2D eigenvalue weighted by Gasteiger charge is -2.38. The number of carbonyl (C=O) groups excluding carboxylic acids is 1. The first-order valence-corrected chi connectivity index (χ1v) is 6.17. The van der Waals surface area contributed by atoms with E-state index in [9.17, 15) is 9.90 Å². The lowest BCUT2D eigenvalue weighted by molar-refractivity contribution is 0.206. The van der Waals surface area contributed by atoms with Crippen molar-refractivity contribution in [3.8, 4) is 11.5 Å². The quantitative estimate of drug-likeness (QED) is 0.657. The van der Waals surface area contributed by atoms with Gasteiger partial charge in [0.05, 0.1) is 11.7 Å². The summed E-state index contributed by atoms with van der Waals surface area (Å²) >= 11 is 0. The highest BCUT2D eigenvalue weighted by Crippen LogP contribution is 2.51. The number of hydrogen-bond donors (Lipinski definition) is 1. The molecule has 0 spiro atoms. The molecule has 2 rings (SSSR count). The van der Waals surface area contributed by atoms with Crippen LogP contribution in [0.4, 0.5) is 0 Å². The fourth-order valence-corrected chi connectivity index (χ4v) is 2.36. The number of aliphatic imine (C=N–C) groups is 1. The van der Waals surface area contributed by atoms with Gasteiger partial charge >= 0.3 is 0 Å². The molecule has 0 amide bonds. The molecule has 18 heavy (non-hydrogen) atoms. The third kappa shape index (κ3) is 2.12. The van der Waals surface area contributed by atoms with Gasteiger partial charge in [0.15, 0.2) is 0 Å². The summed E-state index contributed by atoms with van der Waals surface area (Å²) in [5, 5.41) is 10.1. The molecule has 0 radical (unpaired) electrons. The topological polar surface area (TPSA) is 58.9 Å². The standard InChI is InChI=1S/C14H17NO3/c1-10(2)18-12-6-3-5-11(17)13(12)14(15-9-16)7-4-8-14/h3,5-6,10,17H,4,7-8H2,1-2H3. The second-order valence-electron chi connectivity index (χ2n) is 4.91. The first-order valence-electron chi connectivity index (χ1n) is 6.17. The Bertz CT molecular complexity index is 486. The maximum atomic E-state index is 10.6. The second-order valence-corrected chi connectivity index (χ2v) is 4.91. The fraction of sp³-hybridized carbons (Fsp3) is 0.500. The smallest absolute Gasteiger partial charge is 0.235 e. The van der Waals surface area contributed by atoms with Gasteiger partial charge in [-0.15, -0.1) is 0 Å². The predicted molar refractivity (Wildman–Crippen MR) is 67.5 cm³/mol. The molecule has 4 nitrogen and oxygen atoms in total. The maximum Gasteiger partial charge on any atom is 0.235 e. The van der Waals surface area contributed by atoms with Crippen molar-refractivity contribution in [3.63, 3.8) is 0 Å². The first-order chi connectivity index (χ1) is 8.59. The van der Waals surface area contributed by atoms with Crippen LogP contribution in [0.2, 0.25) is 0 Å². The van der Waals surface area contributed by atoms with Crippen LogP contribution in [0.1, 0.15) is 38.7 Å². The van der Waals surface area contributed by atoms with Crippen LogP contribution in [-0.2, 0) is 10.3 Å². The van der Waals surface area contributed by atoms with Gasteiger partial charge in [-0.3, -0.25) is 0 Å². The highest BCUT2D eigenvalue weighted by molar-refractivity contribution is 5.52. The normalized spacial score (nSPS) is 16.8. The lowest BCUT2D eigenvalue weighted by Crippen LogP contribution is -2.32. The van der Waals surface area contributed by atoms with Crippen LogP contribution in [0, 0.1) is 0 Å². The van der Waals surface area contributed by atoms with Crippen LogP contribution in [0.25, 0.3) is 0 Å². The summed E-state index contributed by atoms with van der Waals surface area (Å²) in [5.41, 5.74) is -0.0228. The largest absolute Gasteiger partial charge is 0.507 e. The van der Waals surface area contributed by atoms with Gasteiger partial charge in [-0.2, -0.15) is 4.99 Å². The Kier molecular flexibility index (Phi) is 3.39. The van der Waals surface area contributed by atoms with Crippen molar-refractivity contribution in [1.82, 2.24) is 0 Å². The number of hydrogen-bond acceptors (Lipinski definition) is 4. The summed E-state index contributed by atoms with van der Waals surface area (Å²) in [4.78, 5) is 14.5. The Morgan fingerprint density at radius 3 is 2.67 bits per heavy atom. The summed E-state index contributed by atoms with van der Waals surface area (Å²) in [6, 6.07) is 5.13. The molecule has 0 aromatic heterocycles. The number of aromatic hydroxyl groups is 1. The molecule has 0 unspecified atom stereocenters. The summed E-state index contributed by atoms with van der Waals surface area (Å²) in [7, 11) is 0. The second kappa shape index (κ2) is 4.83. The maximum absolute atomic E-state index is 10.6. The van der Waals surface area contributed by atoms with Crippen LogP contribution in [-0.4, -0.2) is 17.3 Å². The van der Waals surface area contributed by atoms with Crippen LogP contribution in [0.15, 0.2) is 23.2 Å². The molecule has 0 saturated heterocycles. The zero-order valence-corrected chi connectivity index (χ0v) is 10.6. The molecule has 1 N–H and O–H groups in total. The number of ether oxygens (including phenoxy) is 1. The van der Waals surface area contributed by atoms with Crippen molar-refractivity contribution in [2.24, 2.45) is 4.99 Å². The number of nitrogens with zero attached hydrogens (tertiary/aromatic N) is 1. The Morgan fingerprint density at radius 1 is 1.44 bits per heavy atom. The van der Waals surface area contributed by atoms with E-state index in [2.05, 4.69) is 4.99 Å². The van der Waals surface area contributed by atoms with E-state index < -0.39 is 5.54 Å². The highest BCUT2D eigenvalue weighted by Gasteiger charge is 2.43. The van der Waals surface area contributed by atoms with Crippen molar-refractivity contribution in [3.05, 3.63) is 23.8 Å². The van der Waals surface area contributed by atoms with E-state index in [0.717, 1.165) is 19.3 Å². The van der Waals surface area contributed by atoms with E-state index in [4.69, 9.17) is 4.74 Å². The molecule has 0 aliphatic heterocycles. The Balaban J connectivity index is 2.50. The number of rotatable bonds is 4. The molecule has 0 heterocycles. The average Bonchev–Trinajstić information content (AvgIpc) is 2.24. The Labute approximate surface area is 106 Å². The van der Waals surface area contributed by atoms with Gasteiger partial charge in [0.1, 0.15) is 17.0 Å². The van der Waals surface area contributed by atoms with Crippen molar-refractivity contribution >= 4 is 6.08 Å². The molecule has 1 aliphatic rings. The lowest BCUT2D eigenvalue weighted by atomic mass is 9.71. The highest BCUT2D eigenvalue weighted by atomic mass is 16.5. The molecule has 1 fully saturated rings. The molecular formula is C14H17NO3. The minimum absolute atomic E-state index is 0.00267. The van der Waals surface area contributed by atoms with Gasteiger partial charge in [-0.1, -0.05) is 6.07 Å². The molecule has 1 aromatic rings. The minimum Gasteiger partial charge on any atom is -0.507 e. The van der Waals surface area contributed by atoms with Crippen LogP contribution in [0.5, 0.6) is 11.5 Å². The fourth-order valence-electron chi connectivity index (χ4n) is 2.36. The van der Waals surface area contributed by atoms with E-state index in [1.165, 1.54) is 0 Å². The number of isocyanates is 1. The minimum atomic E-state index is -0.642. The zero-order chi connectivity index (χ0) is 13.2. The molecule has 0 bridgehead atoms. The summed E-state index contributed by atoms with van der Waals surface area (Å²) in [5.74, 6) is 0.732. The number of phenols is 1. The molecule has 1 aromatic carbocycles. The third-order valence-corrected chi connectivity index (χ3v) is 3.27. The van der Waals surface area contributed by atoms with Gasteiger partial charge in [0, 0.05) is 0 Å². The SMILES string of the molecule is CC(C)Oc1cccc(O)c1C1(N=C=O)CCC1. The first kappa shape index (κ1) is 12.7. The molecule has 1 aliphatic carbocycles. The van der Waals surface area contributed by atoms with Crippen LogP contribution in [0.3, 0.4) is 0 Å². The predicted octanol–water partition coefficient (Wildman–Crippen LogP) is 2.89. The number of phenolic OH excluding ortho intramolecular Hbond substituents is 1. The third-order valence-electron chi connectivity index (χ3n) is 3.27. The van der Waals surface area contributed by atoms with Crippen molar-refractivity contribution < 1.29 is 14.6 Å². The monoisotopic (exact) mass is 247 g/mol. The van der Waals surface area contributed by atoms with Crippen LogP contribution < -0.4 is 4.74 Å². The van der Waals surface area contributed by atoms with Crippen molar-refractivity contribution in [1.29, 1.82) is 0 Å². The van der Waals surface area contributed by atoms with E-state index in [0.29, 0.717) is 11.3 Å². The van der Waals surface area contributed by atoms with Crippen molar-refractivity contribution in [2.45, 2.75) is 44.8 Å². The molecular weight excluding hydrogens is 230 g/mol. The van der Waals surface area contributed by atoms with E-state index >= 15 is 0 Å². The zero-order valence-electron chi connectivity index (χ0n) is 10.6. The molecule has 0 atom stereocenters. The molecule has 96 valence electrons. The van der Waals surface area contributed by atoms with Crippen LogP contribution >= 0.6 is 0 Å². The van der Waals surface area contributed by atoms with E-state index in [1.807, 2.05) is 13.8 Å². The average molecular weight is 247 g/mol. The summed E-state index contributed by atoms with van der Waals surface area (Å²) in [6.45, 7) is 3.84.